The Morgan fingerprint density at radius 1 is 1.24 bits per heavy atom. The van der Waals surface area contributed by atoms with Crippen LogP contribution in [-0.4, -0.2) is 49.1 Å². The maximum atomic E-state index is 11.4. The molecule has 1 amide bonds. The third-order valence-electron chi connectivity index (χ3n) is 4.20. The summed E-state index contributed by atoms with van der Waals surface area (Å²) in [6.07, 6.45) is 1.80. The summed E-state index contributed by atoms with van der Waals surface area (Å²) in [5, 5.41) is 0. The molecule has 2 fully saturated rings. The van der Waals surface area contributed by atoms with Crippen LogP contribution < -0.4 is 9.64 Å². The van der Waals surface area contributed by atoms with Crippen LogP contribution in [0.3, 0.4) is 0 Å². The summed E-state index contributed by atoms with van der Waals surface area (Å²) in [5.74, 6) is 3.07. The highest BCUT2D eigenvalue weighted by Gasteiger charge is 2.41. The number of likely N-dealkylation sites (tertiary alicyclic amines) is 1. The molecule has 2 aliphatic rings. The van der Waals surface area contributed by atoms with Crippen LogP contribution in [0.2, 0.25) is 0 Å². The van der Waals surface area contributed by atoms with Gasteiger partial charge in [-0.2, -0.15) is 0 Å². The zero-order valence-electron chi connectivity index (χ0n) is 13.4. The number of hydrogen-bond acceptors (Lipinski definition) is 4. The number of pyridine rings is 1. The molecule has 2 unspecified atom stereocenters. The number of carbonyl (C=O) groups is 1. The first kappa shape index (κ1) is 15.6. The Morgan fingerprint density at radius 3 is 2.38 bits per heavy atom. The fraction of sp³-hybridized carbons (Fsp3) is 0.625. The minimum atomic E-state index is 0.191. The number of aromatic nitrogens is 1. The van der Waals surface area contributed by atoms with E-state index < -0.39 is 0 Å². The van der Waals surface area contributed by atoms with E-state index in [4.69, 9.17) is 4.74 Å². The molecule has 1 aromatic rings. The van der Waals surface area contributed by atoms with Gasteiger partial charge in [-0.05, 0) is 12.1 Å². The molecule has 0 aromatic carbocycles. The summed E-state index contributed by atoms with van der Waals surface area (Å²) in [6.45, 7) is 9.33. The van der Waals surface area contributed by atoms with Crippen molar-refractivity contribution in [3.05, 3.63) is 18.3 Å². The van der Waals surface area contributed by atoms with Crippen molar-refractivity contribution in [2.24, 2.45) is 11.8 Å². The van der Waals surface area contributed by atoms with Crippen LogP contribution in [0.25, 0.3) is 0 Å². The molecule has 1 aromatic heterocycles. The Hall–Kier alpha value is -1.78. The predicted molar refractivity (Wildman–Crippen MR) is 83.6 cm³/mol. The van der Waals surface area contributed by atoms with Crippen LogP contribution in [0, 0.1) is 11.8 Å². The first-order valence-corrected chi connectivity index (χ1v) is 7.68. The normalized spacial score (nSPS) is 23.4. The lowest BCUT2D eigenvalue weighted by molar-refractivity contribution is -0.128. The zero-order chi connectivity index (χ0) is 15.4. The van der Waals surface area contributed by atoms with E-state index in [1.807, 2.05) is 30.9 Å². The van der Waals surface area contributed by atoms with Crippen molar-refractivity contribution in [3.8, 4) is 5.75 Å². The Morgan fingerprint density at radius 2 is 1.86 bits per heavy atom. The maximum Gasteiger partial charge on any atom is 0.219 e. The van der Waals surface area contributed by atoms with Crippen LogP contribution in [0.1, 0.15) is 20.8 Å². The van der Waals surface area contributed by atoms with Gasteiger partial charge in [-0.15, -0.1) is 0 Å². The van der Waals surface area contributed by atoms with Crippen molar-refractivity contribution in [2.75, 3.05) is 38.2 Å². The number of fused-ring (bicyclic) bond motifs is 1. The summed E-state index contributed by atoms with van der Waals surface area (Å²) >= 11 is 0. The Labute approximate surface area is 126 Å². The molecule has 21 heavy (non-hydrogen) atoms. The molecule has 3 heterocycles. The molecule has 0 N–H and O–H groups in total. The molecule has 5 nitrogen and oxygen atoms in total. The maximum absolute atomic E-state index is 11.4. The first-order chi connectivity index (χ1) is 10.2. The molecule has 3 rings (SSSR count). The molecule has 2 atom stereocenters. The topological polar surface area (TPSA) is 45.7 Å². The fourth-order valence-electron chi connectivity index (χ4n) is 3.20. The third-order valence-corrected chi connectivity index (χ3v) is 4.20. The fourth-order valence-corrected chi connectivity index (χ4v) is 3.20. The van der Waals surface area contributed by atoms with Crippen LogP contribution in [0.15, 0.2) is 18.3 Å². The van der Waals surface area contributed by atoms with Crippen molar-refractivity contribution < 1.29 is 9.53 Å². The van der Waals surface area contributed by atoms with Crippen LogP contribution in [0.5, 0.6) is 5.75 Å². The van der Waals surface area contributed by atoms with Gasteiger partial charge in [0.05, 0.1) is 7.11 Å². The van der Waals surface area contributed by atoms with Crippen molar-refractivity contribution in [2.45, 2.75) is 20.8 Å². The summed E-state index contributed by atoms with van der Waals surface area (Å²) in [4.78, 5) is 20.1. The van der Waals surface area contributed by atoms with E-state index in [0.717, 1.165) is 37.7 Å². The van der Waals surface area contributed by atoms with Gasteiger partial charge in [0, 0.05) is 51.1 Å². The number of amides is 1. The number of methoxy groups -OCH3 is 1. The molecule has 116 valence electrons. The van der Waals surface area contributed by atoms with Gasteiger partial charge >= 0.3 is 0 Å². The number of carbonyl (C=O) groups excluding carboxylic acids is 1. The van der Waals surface area contributed by atoms with Crippen molar-refractivity contribution in [3.63, 3.8) is 0 Å². The highest BCUT2D eigenvalue weighted by Crippen LogP contribution is 2.36. The SMILES string of the molecule is CC.COc1cccnc1N1CC2CN(C(C)=O)CC2C1. The molecule has 0 radical (unpaired) electrons. The van der Waals surface area contributed by atoms with Gasteiger partial charge in [-0.1, -0.05) is 13.8 Å². The smallest absolute Gasteiger partial charge is 0.219 e. The third kappa shape index (κ3) is 3.12. The van der Waals surface area contributed by atoms with Gasteiger partial charge in [-0.3, -0.25) is 4.79 Å². The molecule has 0 aliphatic carbocycles. The highest BCUT2D eigenvalue weighted by atomic mass is 16.5. The van der Waals surface area contributed by atoms with E-state index in [1.54, 1.807) is 20.2 Å². The number of anilines is 1. The molecule has 2 aliphatic heterocycles. The molecule has 5 heteroatoms. The average molecular weight is 291 g/mol. The van der Waals surface area contributed by atoms with Crippen LogP contribution in [0.4, 0.5) is 5.82 Å². The van der Waals surface area contributed by atoms with E-state index in [1.165, 1.54) is 0 Å². The second kappa shape index (κ2) is 6.78. The minimum Gasteiger partial charge on any atom is -0.493 e. The number of nitrogens with zero attached hydrogens (tertiary/aromatic N) is 3. The lowest BCUT2D eigenvalue weighted by atomic mass is 10.0. The zero-order valence-corrected chi connectivity index (χ0v) is 13.4. The van der Waals surface area contributed by atoms with Crippen LogP contribution in [-0.2, 0) is 4.79 Å². The van der Waals surface area contributed by atoms with E-state index in [2.05, 4.69) is 9.88 Å². The first-order valence-electron chi connectivity index (χ1n) is 7.68. The monoisotopic (exact) mass is 291 g/mol. The Kier molecular flexibility index (Phi) is 5.04. The standard InChI is InChI=1S/C14H19N3O2.C2H6/c1-10(18)16-6-11-8-17(9-12(11)7-16)14-13(19-2)4-3-5-15-14;1-2/h3-5,11-12H,6-9H2,1-2H3;1-2H3. The average Bonchev–Trinajstić information content (AvgIpc) is 3.07. The van der Waals surface area contributed by atoms with E-state index in [-0.39, 0.29) is 5.91 Å². The summed E-state index contributed by atoms with van der Waals surface area (Å²) in [7, 11) is 1.68. The van der Waals surface area contributed by atoms with E-state index in [0.29, 0.717) is 11.8 Å². The molecule has 0 saturated carbocycles. The van der Waals surface area contributed by atoms with E-state index >= 15 is 0 Å². The van der Waals surface area contributed by atoms with Crippen molar-refractivity contribution in [1.82, 2.24) is 9.88 Å². The van der Waals surface area contributed by atoms with Gasteiger partial charge in [0.2, 0.25) is 5.91 Å². The largest absolute Gasteiger partial charge is 0.493 e. The highest BCUT2D eigenvalue weighted by molar-refractivity contribution is 5.73. The lowest BCUT2D eigenvalue weighted by Crippen LogP contribution is -2.32. The van der Waals surface area contributed by atoms with Crippen LogP contribution >= 0.6 is 0 Å². The summed E-state index contributed by atoms with van der Waals surface area (Å²) < 4.78 is 5.37. The molecule has 2 saturated heterocycles. The second-order valence-electron chi connectivity index (χ2n) is 5.38. The molecule has 0 bridgehead atoms. The Bertz CT molecular complexity index is 478. The van der Waals surface area contributed by atoms with Crippen molar-refractivity contribution in [1.29, 1.82) is 0 Å². The lowest BCUT2D eigenvalue weighted by Gasteiger charge is -2.22. The van der Waals surface area contributed by atoms with Gasteiger partial charge in [0.15, 0.2) is 11.6 Å². The molecular weight excluding hydrogens is 266 g/mol. The minimum absolute atomic E-state index is 0.191. The molecule has 0 spiro atoms. The van der Waals surface area contributed by atoms with Gasteiger partial charge < -0.3 is 14.5 Å². The number of rotatable bonds is 2. The van der Waals surface area contributed by atoms with Gasteiger partial charge in [-0.25, -0.2) is 4.98 Å². The second-order valence-corrected chi connectivity index (χ2v) is 5.38. The van der Waals surface area contributed by atoms with Crippen molar-refractivity contribution >= 4 is 11.7 Å². The number of ether oxygens (including phenoxy) is 1. The van der Waals surface area contributed by atoms with Gasteiger partial charge in [0.1, 0.15) is 0 Å². The molecular formula is C16H25N3O2. The summed E-state index contributed by atoms with van der Waals surface area (Å²) in [6, 6.07) is 3.83. The predicted octanol–water partition coefficient (Wildman–Crippen LogP) is 2.03. The van der Waals surface area contributed by atoms with Gasteiger partial charge in [0.25, 0.3) is 0 Å². The quantitative estimate of drug-likeness (QED) is 0.836. The Balaban J connectivity index is 0.000000774. The number of hydrogen-bond donors (Lipinski definition) is 0. The summed E-state index contributed by atoms with van der Waals surface area (Å²) in [5.41, 5.74) is 0. The van der Waals surface area contributed by atoms with E-state index in [9.17, 15) is 4.79 Å².